The molecule has 0 spiro atoms. The Morgan fingerprint density at radius 2 is 1.88 bits per heavy atom. The van der Waals surface area contributed by atoms with E-state index in [1.165, 1.54) is 35.6 Å². The molecule has 34 heavy (non-hydrogen) atoms. The maximum absolute atomic E-state index is 12.1. The number of nitrogens with zero attached hydrogens (tertiary/aromatic N) is 4. The number of thiazole rings is 1. The summed E-state index contributed by atoms with van der Waals surface area (Å²) in [6.45, 7) is 2.12. The normalized spacial score (nSPS) is 10.8. The van der Waals surface area contributed by atoms with Gasteiger partial charge in [0.1, 0.15) is 11.4 Å². The van der Waals surface area contributed by atoms with E-state index in [1.807, 2.05) is 31.2 Å². The molecule has 12 heteroatoms. The van der Waals surface area contributed by atoms with Gasteiger partial charge in [-0.2, -0.15) is 4.98 Å². The van der Waals surface area contributed by atoms with Crippen LogP contribution in [0.3, 0.4) is 0 Å². The molecule has 0 saturated carbocycles. The summed E-state index contributed by atoms with van der Waals surface area (Å²) in [6.07, 6.45) is 0.476. The number of methoxy groups -OCH3 is 1. The Kier molecular flexibility index (Phi) is 6.50. The highest BCUT2D eigenvalue weighted by Gasteiger charge is 2.20. The van der Waals surface area contributed by atoms with Crippen molar-refractivity contribution >= 4 is 39.5 Å². The maximum Gasteiger partial charge on any atom is 0.313 e. The number of carbonyl (C=O) groups is 2. The number of aryl methyl sites for hydroxylation is 1. The van der Waals surface area contributed by atoms with Gasteiger partial charge in [0.2, 0.25) is 4.96 Å². The Morgan fingerprint density at radius 1 is 1.15 bits per heavy atom. The summed E-state index contributed by atoms with van der Waals surface area (Å²) in [5.74, 6) is -0.501. The molecule has 2 N–H and O–H groups in total. The van der Waals surface area contributed by atoms with Crippen LogP contribution in [-0.4, -0.2) is 45.0 Å². The maximum atomic E-state index is 12.1. The summed E-state index contributed by atoms with van der Waals surface area (Å²) >= 11 is 1.45. The molecule has 0 atom stereocenters. The van der Waals surface area contributed by atoms with Crippen molar-refractivity contribution in [2.45, 2.75) is 13.3 Å². The number of rotatable bonds is 7. The van der Waals surface area contributed by atoms with Crippen LogP contribution in [0.15, 0.2) is 48.5 Å². The average Bonchev–Trinajstić information content (AvgIpc) is 3.38. The lowest BCUT2D eigenvalue weighted by Crippen LogP contribution is -2.36. The number of hydrogen-bond donors (Lipinski definition) is 2. The molecule has 4 rings (SSSR count). The minimum absolute atomic E-state index is 0.0401. The molecule has 2 aromatic carbocycles. The van der Waals surface area contributed by atoms with Crippen molar-refractivity contribution in [2.75, 3.05) is 19.0 Å². The summed E-state index contributed by atoms with van der Waals surface area (Å²) < 4.78 is 6.92. The third-order valence-corrected chi connectivity index (χ3v) is 6.25. The number of carbonyl (C=O) groups excluding carboxylic acids is 2. The molecule has 174 valence electrons. The molecule has 0 bridgehead atoms. The number of amides is 2. The molecule has 0 aliphatic carbocycles. The van der Waals surface area contributed by atoms with Crippen molar-refractivity contribution in [3.8, 4) is 17.1 Å². The predicted octanol–water partition coefficient (Wildman–Crippen LogP) is 2.98. The van der Waals surface area contributed by atoms with E-state index in [0.717, 1.165) is 26.8 Å². The number of aromatic nitrogens is 3. The molecular weight excluding hydrogens is 460 g/mol. The monoisotopic (exact) mass is 480 g/mol. The second-order valence-electron chi connectivity index (χ2n) is 7.20. The minimum atomic E-state index is -0.974. The molecule has 2 amide bonds. The van der Waals surface area contributed by atoms with Crippen LogP contribution in [-0.2, 0) is 16.0 Å². The molecule has 0 aliphatic heterocycles. The molecule has 4 aromatic rings. The predicted molar refractivity (Wildman–Crippen MR) is 126 cm³/mol. The number of fused-ring (bicyclic) bond motifs is 1. The van der Waals surface area contributed by atoms with E-state index in [4.69, 9.17) is 4.74 Å². The molecule has 2 heterocycles. The zero-order valence-corrected chi connectivity index (χ0v) is 19.1. The SMILES string of the molecule is COc1ccc(-c2nc3sc(CCNC(=O)C(=O)Nc4ccccc4[N+](=O)[O-])c(C)n3n2)cc1. The number of nitro benzene ring substituents is 1. The van der Waals surface area contributed by atoms with Crippen LogP contribution in [0.25, 0.3) is 16.3 Å². The fraction of sp³-hybridized carbons (Fsp3) is 0.182. The highest BCUT2D eigenvalue weighted by molar-refractivity contribution is 7.17. The van der Waals surface area contributed by atoms with E-state index in [1.54, 1.807) is 11.6 Å². The van der Waals surface area contributed by atoms with Crippen molar-refractivity contribution in [1.29, 1.82) is 0 Å². The van der Waals surface area contributed by atoms with Gasteiger partial charge in [0, 0.05) is 29.5 Å². The van der Waals surface area contributed by atoms with E-state index in [2.05, 4.69) is 20.7 Å². The number of benzene rings is 2. The zero-order valence-electron chi connectivity index (χ0n) is 18.3. The Hall–Kier alpha value is -4.32. The largest absolute Gasteiger partial charge is 0.497 e. The number of nitro groups is 1. The van der Waals surface area contributed by atoms with Crippen LogP contribution in [0, 0.1) is 17.0 Å². The van der Waals surface area contributed by atoms with Crippen molar-refractivity contribution in [1.82, 2.24) is 19.9 Å². The molecule has 11 nitrogen and oxygen atoms in total. The van der Waals surface area contributed by atoms with Crippen molar-refractivity contribution in [3.63, 3.8) is 0 Å². The first-order valence-corrected chi connectivity index (χ1v) is 11.0. The summed E-state index contributed by atoms with van der Waals surface area (Å²) in [5.41, 5.74) is 1.44. The molecule has 0 radical (unpaired) electrons. The van der Waals surface area contributed by atoms with E-state index in [-0.39, 0.29) is 17.9 Å². The summed E-state index contributed by atoms with van der Waals surface area (Å²) in [7, 11) is 1.61. The third kappa shape index (κ3) is 4.71. The van der Waals surface area contributed by atoms with Gasteiger partial charge in [-0.25, -0.2) is 4.52 Å². The lowest BCUT2D eigenvalue weighted by molar-refractivity contribution is -0.383. The van der Waals surface area contributed by atoms with Crippen molar-refractivity contribution in [3.05, 3.63) is 69.2 Å². The Morgan fingerprint density at radius 3 is 2.56 bits per heavy atom. The number of ether oxygens (including phenoxy) is 1. The van der Waals surface area contributed by atoms with Crippen LogP contribution < -0.4 is 15.4 Å². The molecule has 0 unspecified atom stereocenters. The van der Waals surface area contributed by atoms with Gasteiger partial charge < -0.3 is 15.4 Å². The standard InChI is InChI=1S/C22H20N6O5S/c1-13-18(34-22-25-19(26-27(13)22)14-7-9-15(33-2)10-8-14)11-12-23-20(29)21(30)24-16-5-3-4-6-17(16)28(31)32/h3-10H,11-12H2,1-2H3,(H,23,29)(H,24,30). The van der Waals surface area contributed by atoms with E-state index in [9.17, 15) is 19.7 Å². The van der Waals surface area contributed by atoms with Gasteiger partial charge in [-0.05, 0) is 37.3 Å². The van der Waals surface area contributed by atoms with Gasteiger partial charge in [0.05, 0.1) is 17.7 Å². The number of para-hydroxylation sites is 2. The van der Waals surface area contributed by atoms with Crippen LogP contribution in [0.4, 0.5) is 11.4 Å². The van der Waals surface area contributed by atoms with Crippen LogP contribution >= 0.6 is 11.3 Å². The number of anilines is 1. The summed E-state index contributed by atoms with van der Waals surface area (Å²) in [4.78, 5) is 41.0. The molecule has 0 saturated heterocycles. The van der Waals surface area contributed by atoms with E-state index >= 15 is 0 Å². The average molecular weight is 481 g/mol. The lowest BCUT2D eigenvalue weighted by atomic mass is 10.2. The zero-order chi connectivity index (χ0) is 24.2. The fourth-order valence-electron chi connectivity index (χ4n) is 3.27. The van der Waals surface area contributed by atoms with Crippen molar-refractivity contribution < 1.29 is 19.2 Å². The fourth-order valence-corrected chi connectivity index (χ4v) is 4.32. The van der Waals surface area contributed by atoms with Crippen LogP contribution in [0.5, 0.6) is 5.75 Å². The summed E-state index contributed by atoms with van der Waals surface area (Å²) in [6, 6.07) is 13.1. The quantitative estimate of drug-likeness (QED) is 0.235. The minimum Gasteiger partial charge on any atom is -0.497 e. The van der Waals surface area contributed by atoms with Crippen molar-refractivity contribution in [2.24, 2.45) is 0 Å². The third-order valence-electron chi connectivity index (χ3n) is 5.05. The van der Waals surface area contributed by atoms with Crippen LogP contribution in [0.2, 0.25) is 0 Å². The highest BCUT2D eigenvalue weighted by atomic mass is 32.1. The van der Waals surface area contributed by atoms with Gasteiger partial charge in [-0.15, -0.1) is 5.10 Å². The smallest absolute Gasteiger partial charge is 0.313 e. The Bertz CT molecular complexity index is 1380. The molecular formula is C22H20N6O5S. The van der Waals surface area contributed by atoms with E-state index < -0.39 is 16.7 Å². The first kappa shape index (κ1) is 22.9. The number of hydrogen-bond acceptors (Lipinski definition) is 8. The first-order chi connectivity index (χ1) is 16.4. The topological polar surface area (TPSA) is 141 Å². The van der Waals surface area contributed by atoms with E-state index in [0.29, 0.717) is 12.2 Å². The van der Waals surface area contributed by atoms with Gasteiger partial charge in [0.25, 0.3) is 5.69 Å². The highest BCUT2D eigenvalue weighted by Crippen LogP contribution is 2.26. The van der Waals surface area contributed by atoms with Crippen LogP contribution in [0.1, 0.15) is 10.6 Å². The second-order valence-corrected chi connectivity index (χ2v) is 8.27. The molecule has 2 aromatic heterocycles. The van der Waals surface area contributed by atoms with Gasteiger partial charge in [-0.1, -0.05) is 23.5 Å². The Balaban J connectivity index is 1.36. The van der Waals surface area contributed by atoms with Gasteiger partial charge >= 0.3 is 11.8 Å². The number of nitrogens with one attached hydrogen (secondary N) is 2. The van der Waals surface area contributed by atoms with Gasteiger partial charge in [-0.3, -0.25) is 19.7 Å². The summed E-state index contributed by atoms with van der Waals surface area (Å²) in [5, 5.41) is 20.4. The molecule has 0 aliphatic rings. The first-order valence-electron chi connectivity index (χ1n) is 10.2. The molecule has 0 fully saturated rings. The lowest BCUT2D eigenvalue weighted by Gasteiger charge is -2.07. The Labute approximate surface area is 197 Å². The van der Waals surface area contributed by atoms with Gasteiger partial charge in [0.15, 0.2) is 5.82 Å². The second kappa shape index (κ2) is 9.67.